The van der Waals surface area contributed by atoms with Gasteiger partial charge >= 0.3 is 0 Å². The summed E-state index contributed by atoms with van der Waals surface area (Å²) in [6.45, 7) is 3.83. The number of aryl methyl sites for hydroxylation is 1. The normalized spacial score (nSPS) is 18.6. The van der Waals surface area contributed by atoms with E-state index in [4.69, 9.17) is 4.74 Å². The first-order chi connectivity index (χ1) is 14.5. The lowest BCUT2D eigenvalue weighted by Gasteiger charge is -2.34. The topological polar surface area (TPSA) is 80.3 Å². The van der Waals surface area contributed by atoms with Crippen LogP contribution in [0.25, 0.3) is 0 Å². The van der Waals surface area contributed by atoms with Crippen molar-refractivity contribution in [1.82, 2.24) is 10.3 Å². The molecule has 4 rings (SSSR count). The van der Waals surface area contributed by atoms with Crippen LogP contribution in [0.2, 0.25) is 0 Å². The molecule has 0 saturated carbocycles. The number of dihydropyridines is 1. The van der Waals surface area contributed by atoms with Crippen LogP contribution in [0.1, 0.15) is 43.2 Å². The summed E-state index contributed by atoms with van der Waals surface area (Å²) >= 11 is 0. The molecular formula is C24H25N3O3. The van der Waals surface area contributed by atoms with Crippen molar-refractivity contribution < 1.29 is 14.3 Å². The quantitative estimate of drug-likeness (QED) is 0.806. The first kappa shape index (κ1) is 19.9. The molecule has 1 aromatic carbocycles. The van der Waals surface area contributed by atoms with E-state index in [2.05, 4.69) is 15.6 Å². The maximum atomic E-state index is 13.4. The molecule has 6 nitrogen and oxygen atoms in total. The van der Waals surface area contributed by atoms with E-state index in [-0.39, 0.29) is 11.7 Å². The zero-order valence-electron chi connectivity index (χ0n) is 17.4. The Balaban J connectivity index is 1.80. The third kappa shape index (κ3) is 3.73. The van der Waals surface area contributed by atoms with Gasteiger partial charge in [-0.1, -0.05) is 12.1 Å². The minimum absolute atomic E-state index is 0.0862. The van der Waals surface area contributed by atoms with Gasteiger partial charge in [-0.25, -0.2) is 4.98 Å². The SMILES string of the molecule is COc1cccc([C@H]2C(C(=O)Nc3cc(C)ccn3)=C(C)NC3=C2C(=O)CCC3)c1. The van der Waals surface area contributed by atoms with Gasteiger partial charge in [0.25, 0.3) is 5.91 Å². The Hall–Kier alpha value is -3.41. The Morgan fingerprint density at radius 3 is 2.80 bits per heavy atom. The fraction of sp³-hybridized carbons (Fsp3) is 0.292. The van der Waals surface area contributed by atoms with Gasteiger partial charge in [-0.3, -0.25) is 9.59 Å². The molecule has 30 heavy (non-hydrogen) atoms. The smallest absolute Gasteiger partial charge is 0.255 e. The molecule has 1 amide bonds. The molecule has 6 heteroatoms. The number of hydrogen-bond donors (Lipinski definition) is 2. The monoisotopic (exact) mass is 403 g/mol. The van der Waals surface area contributed by atoms with Crippen molar-refractivity contribution in [2.45, 2.75) is 39.0 Å². The fourth-order valence-corrected chi connectivity index (χ4v) is 4.23. The molecule has 0 unspecified atom stereocenters. The van der Waals surface area contributed by atoms with E-state index in [9.17, 15) is 9.59 Å². The Kier molecular flexibility index (Phi) is 5.40. The first-order valence-electron chi connectivity index (χ1n) is 10.1. The number of pyridine rings is 1. The molecule has 1 aliphatic carbocycles. The number of hydrogen-bond acceptors (Lipinski definition) is 5. The highest BCUT2D eigenvalue weighted by Crippen LogP contribution is 2.43. The molecule has 0 bridgehead atoms. The number of carbonyl (C=O) groups is 2. The van der Waals surface area contributed by atoms with E-state index >= 15 is 0 Å². The Morgan fingerprint density at radius 1 is 1.20 bits per heavy atom. The zero-order chi connectivity index (χ0) is 21.3. The highest BCUT2D eigenvalue weighted by Gasteiger charge is 2.38. The van der Waals surface area contributed by atoms with Crippen LogP contribution in [-0.2, 0) is 9.59 Å². The summed E-state index contributed by atoms with van der Waals surface area (Å²) in [6, 6.07) is 11.3. The first-order valence-corrected chi connectivity index (χ1v) is 10.1. The Labute approximate surface area is 176 Å². The molecule has 1 aliphatic heterocycles. The lowest BCUT2D eigenvalue weighted by Crippen LogP contribution is -2.35. The Bertz CT molecular complexity index is 1080. The predicted octanol–water partition coefficient (Wildman–Crippen LogP) is 4.01. The van der Waals surface area contributed by atoms with Crippen LogP contribution in [0.3, 0.4) is 0 Å². The van der Waals surface area contributed by atoms with Gasteiger partial charge in [0.15, 0.2) is 5.78 Å². The number of rotatable bonds is 4. The highest BCUT2D eigenvalue weighted by molar-refractivity contribution is 6.09. The number of ether oxygens (including phenoxy) is 1. The van der Waals surface area contributed by atoms with Crippen molar-refractivity contribution >= 4 is 17.5 Å². The van der Waals surface area contributed by atoms with E-state index in [1.807, 2.05) is 50.2 Å². The molecule has 2 aromatic rings. The van der Waals surface area contributed by atoms with Gasteiger partial charge in [0.1, 0.15) is 11.6 Å². The van der Waals surface area contributed by atoms with Crippen LogP contribution in [0.4, 0.5) is 5.82 Å². The van der Waals surface area contributed by atoms with Crippen LogP contribution < -0.4 is 15.4 Å². The maximum absolute atomic E-state index is 13.4. The third-order valence-electron chi connectivity index (χ3n) is 5.60. The van der Waals surface area contributed by atoms with E-state index in [1.165, 1.54) is 0 Å². The number of nitrogens with zero attached hydrogens (tertiary/aromatic N) is 1. The molecule has 2 N–H and O–H groups in total. The van der Waals surface area contributed by atoms with Crippen molar-refractivity contribution in [2.24, 2.45) is 0 Å². The molecule has 154 valence electrons. The number of methoxy groups -OCH3 is 1. The average Bonchev–Trinajstić information content (AvgIpc) is 2.73. The van der Waals surface area contributed by atoms with E-state index in [0.717, 1.165) is 35.4 Å². The molecular weight excluding hydrogens is 378 g/mol. The lowest BCUT2D eigenvalue weighted by molar-refractivity contribution is -0.116. The molecule has 0 spiro atoms. The van der Waals surface area contributed by atoms with Crippen LogP contribution in [0.15, 0.2) is 65.1 Å². The van der Waals surface area contributed by atoms with Crippen molar-refractivity contribution in [1.29, 1.82) is 0 Å². The van der Waals surface area contributed by atoms with Crippen LogP contribution >= 0.6 is 0 Å². The number of ketones is 1. The number of allylic oxidation sites excluding steroid dienone is 3. The van der Waals surface area contributed by atoms with Gasteiger partial charge < -0.3 is 15.4 Å². The summed E-state index contributed by atoms with van der Waals surface area (Å²) in [5, 5.41) is 6.24. The fourth-order valence-electron chi connectivity index (χ4n) is 4.23. The minimum atomic E-state index is -0.450. The second-order valence-corrected chi connectivity index (χ2v) is 7.71. The summed E-state index contributed by atoms with van der Waals surface area (Å²) in [4.78, 5) is 30.6. The molecule has 2 heterocycles. The number of Topliss-reactive ketones (excluding diaryl/α,β-unsaturated/α-hetero) is 1. The zero-order valence-corrected chi connectivity index (χ0v) is 17.4. The number of benzene rings is 1. The van der Waals surface area contributed by atoms with Gasteiger partial charge in [-0.05, 0) is 62.1 Å². The summed E-state index contributed by atoms with van der Waals surface area (Å²) in [5.74, 6) is 0.543. The molecule has 0 saturated heterocycles. The Morgan fingerprint density at radius 2 is 2.03 bits per heavy atom. The summed E-state index contributed by atoms with van der Waals surface area (Å²) in [5.41, 5.74) is 4.75. The number of carbonyl (C=O) groups excluding carboxylic acids is 2. The van der Waals surface area contributed by atoms with E-state index in [0.29, 0.717) is 29.1 Å². The van der Waals surface area contributed by atoms with Gasteiger partial charge in [-0.15, -0.1) is 0 Å². The lowest BCUT2D eigenvalue weighted by atomic mass is 9.75. The van der Waals surface area contributed by atoms with Crippen LogP contribution in [0.5, 0.6) is 5.75 Å². The predicted molar refractivity (Wildman–Crippen MR) is 115 cm³/mol. The summed E-state index contributed by atoms with van der Waals surface area (Å²) in [6.07, 6.45) is 3.77. The highest BCUT2D eigenvalue weighted by atomic mass is 16.5. The van der Waals surface area contributed by atoms with Crippen molar-refractivity contribution in [3.8, 4) is 5.75 Å². The van der Waals surface area contributed by atoms with E-state index in [1.54, 1.807) is 13.3 Å². The standard InChI is InChI=1S/C24H25N3O3/c1-14-10-11-25-20(12-14)27-24(29)21-15(2)26-18-8-5-9-19(28)23(18)22(21)16-6-4-7-17(13-16)30-3/h4,6-7,10-13,22,26H,5,8-9H2,1-3H3,(H,25,27,29)/t22-/m0/s1. The number of aromatic nitrogens is 1. The van der Waals surface area contributed by atoms with Gasteiger partial charge in [0.05, 0.1) is 7.11 Å². The van der Waals surface area contributed by atoms with Gasteiger partial charge in [0.2, 0.25) is 0 Å². The van der Waals surface area contributed by atoms with Crippen LogP contribution in [-0.4, -0.2) is 23.8 Å². The second kappa shape index (κ2) is 8.14. The maximum Gasteiger partial charge on any atom is 0.255 e. The third-order valence-corrected chi connectivity index (χ3v) is 5.60. The van der Waals surface area contributed by atoms with Crippen molar-refractivity contribution in [3.05, 3.63) is 76.3 Å². The second-order valence-electron chi connectivity index (χ2n) is 7.71. The summed E-state index contributed by atoms with van der Waals surface area (Å²) < 4.78 is 5.40. The number of amides is 1. The number of nitrogens with one attached hydrogen (secondary N) is 2. The molecule has 0 fully saturated rings. The minimum Gasteiger partial charge on any atom is -0.497 e. The van der Waals surface area contributed by atoms with Crippen molar-refractivity contribution in [2.75, 3.05) is 12.4 Å². The average molecular weight is 403 g/mol. The molecule has 1 aromatic heterocycles. The summed E-state index contributed by atoms with van der Waals surface area (Å²) in [7, 11) is 1.61. The van der Waals surface area contributed by atoms with E-state index < -0.39 is 5.92 Å². The largest absolute Gasteiger partial charge is 0.497 e. The molecule has 2 aliphatic rings. The molecule has 0 radical (unpaired) electrons. The molecule has 1 atom stereocenters. The van der Waals surface area contributed by atoms with Gasteiger partial charge in [0, 0.05) is 41.1 Å². The van der Waals surface area contributed by atoms with Crippen LogP contribution in [0, 0.1) is 6.92 Å². The van der Waals surface area contributed by atoms with Gasteiger partial charge in [-0.2, -0.15) is 0 Å². The van der Waals surface area contributed by atoms with Crippen molar-refractivity contribution in [3.63, 3.8) is 0 Å². The number of anilines is 1.